The van der Waals surface area contributed by atoms with Crippen LogP contribution in [0.2, 0.25) is 0 Å². The predicted octanol–water partition coefficient (Wildman–Crippen LogP) is 2.00. The molecule has 2 aromatic rings. The zero-order chi connectivity index (χ0) is 17.3. The average molecular weight is 370 g/mol. The normalized spacial score (nSPS) is 22.5. The van der Waals surface area contributed by atoms with E-state index in [2.05, 4.69) is 18.8 Å². The van der Waals surface area contributed by atoms with Gasteiger partial charge in [-0.15, -0.1) is 0 Å². The third-order valence-corrected chi connectivity index (χ3v) is 6.82. The lowest BCUT2D eigenvalue weighted by atomic mass is 9.92. The molecule has 0 bridgehead atoms. The number of imidazole rings is 1. The van der Waals surface area contributed by atoms with Crippen LogP contribution in [0.1, 0.15) is 25.3 Å². The molecule has 6 nitrogen and oxygen atoms in total. The highest BCUT2D eigenvalue weighted by Crippen LogP contribution is 2.36. The van der Waals surface area contributed by atoms with E-state index in [1.807, 2.05) is 21.4 Å². The van der Waals surface area contributed by atoms with Gasteiger partial charge in [0.05, 0.1) is 6.33 Å². The molecule has 3 rings (SSSR count). The second-order valence-corrected chi connectivity index (χ2v) is 9.40. The van der Waals surface area contributed by atoms with E-state index in [-0.39, 0.29) is 23.5 Å². The molecular formula is C16H23N3O3S2. The van der Waals surface area contributed by atoms with Gasteiger partial charge >= 0.3 is 0 Å². The minimum absolute atomic E-state index is 0.0195. The molecule has 0 unspecified atom stereocenters. The largest absolute Gasteiger partial charge is 0.396 e. The van der Waals surface area contributed by atoms with Crippen LogP contribution >= 0.6 is 11.3 Å². The molecule has 8 heteroatoms. The smallest absolute Gasteiger partial charge is 0.262 e. The summed E-state index contributed by atoms with van der Waals surface area (Å²) < 4.78 is 29.0. The minimum atomic E-state index is -3.63. The lowest BCUT2D eigenvalue weighted by Gasteiger charge is -2.14. The summed E-state index contributed by atoms with van der Waals surface area (Å²) in [5.41, 5.74) is 1.10. The standard InChI is InChI=1S/C16H23N3O3S2/c1-12(2)5-18-8-16(17-11-18)24(21,22)19-6-14(9-20)15(7-19)13-3-4-23-10-13/h3-4,8,10-12,14-15,20H,5-7,9H2,1-2H3/t14-,15+/m1/s1. The van der Waals surface area contributed by atoms with Crippen LogP contribution in [-0.4, -0.2) is 47.1 Å². The van der Waals surface area contributed by atoms with Crippen LogP contribution in [0.25, 0.3) is 0 Å². The topological polar surface area (TPSA) is 75.4 Å². The maximum Gasteiger partial charge on any atom is 0.262 e. The molecule has 0 aromatic carbocycles. The third-order valence-electron chi connectivity index (χ3n) is 4.40. The van der Waals surface area contributed by atoms with Gasteiger partial charge in [-0.1, -0.05) is 13.8 Å². The molecule has 1 saturated heterocycles. The quantitative estimate of drug-likeness (QED) is 0.845. The Kier molecular flexibility index (Phi) is 5.10. The Morgan fingerprint density at radius 1 is 1.42 bits per heavy atom. The monoisotopic (exact) mass is 369 g/mol. The van der Waals surface area contributed by atoms with Crippen LogP contribution in [0.15, 0.2) is 34.4 Å². The summed E-state index contributed by atoms with van der Waals surface area (Å²) in [5.74, 6) is 0.379. The number of aliphatic hydroxyl groups excluding tert-OH is 1. The SMILES string of the molecule is CC(C)Cn1cnc(S(=O)(=O)N2C[C@H](CO)[C@H](c3ccsc3)C2)c1. The van der Waals surface area contributed by atoms with Crippen LogP contribution in [0.4, 0.5) is 0 Å². The number of aromatic nitrogens is 2. The summed E-state index contributed by atoms with van der Waals surface area (Å²) in [7, 11) is -3.63. The van der Waals surface area contributed by atoms with Crippen molar-refractivity contribution in [2.75, 3.05) is 19.7 Å². The molecule has 0 spiro atoms. The molecule has 1 fully saturated rings. The van der Waals surface area contributed by atoms with E-state index in [4.69, 9.17) is 0 Å². The van der Waals surface area contributed by atoms with Crippen molar-refractivity contribution in [3.05, 3.63) is 34.9 Å². The lowest BCUT2D eigenvalue weighted by molar-refractivity contribution is 0.223. The fourth-order valence-electron chi connectivity index (χ4n) is 3.20. The second-order valence-electron chi connectivity index (χ2n) is 6.73. The van der Waals surface area contributed by atoms with Gasteiger partial charge in [0.1, 0.15) is 0 Å². The van der Waals surface area contributed by atoms with Crippen molar-refractivity contribution in [3.63, 3.8) is 0 Å². The summed E-state index contributed by atoms with van der Waals surface area (Å²) in [6.45, 7) is 5.59. The minimum Gasteiger partial charge on any atom is -0.396 e. The van der Waals surface area contributed by atoms with Crippen molar-refractivity contribution in [2.24, 2.45) is 11.8 Å². The highest BCUT2D eigenvalue weighted by atomic mass is 32.2. The van der Waals surface area contributed by atoms with Crippen LogP contribution < -0.4 is 0 Å². The van der Waals surface area contributed by atoms with Crippen LogP contribution in [0, 0.1) is 11.8 Å². The summed E-state index contributed by atoms with van der Waals surface area (Å²) in [4.78, 5) is 4.10. The highest BCUT2D eigenvalue weighted by molar-refractivity contribution is 7.89. The van der Waals surface area contributed by atoms with E-state index < -0.39 is 10.0 Å². The number of nitrogens with zero attached hydrogens (tertiary/aromatic N) is 3. The van der Waals surface area contributed by atoms with Crippen LogP contribution in [0.3, 0.4) is 0 Å². The van der Waals surface area contributed by atoms with Gasteiger partial charge in [0.2, 0.25) is 0 Å². The first-order valence-corrected chi connectivity index (χ1v) is 10.4. The fraction of sp³-hybridized carbons (Fsp3) is 0.562. The van der Waals surface area contributed by atoms with Crippen molar-refractivity contribution in [1.29, 1.82) is 0 Å². The van der Waals surface area contributed by atoms with Gasteiger partial charge in [-0.05, 0) is 28.3 Å². The molecule has 1 N–H and O–H groups in total. The molecule has 1 aliphatic rings. The van der Waals surface area contributed by atoms with Gasteiger partial charge in [-0.2, -0.15) is 15.6 Å². The Balaban J connectivity index is 1.81. The molecule has 3 heterocycles. The third kappa shape index (κ3) is 3.42. The molecule has 2 aromatic heterocycles. The Bertz CT molecular complexity index is 768. The van der Waals surface area contributed by atoms with Crippen molar-refractivity contribution in [3.8, 4) is 0 Å². The number of sulfonamides is 1. The van der Waals surface area contributed by atoms with Crippen molar-refractivity contribution < 1.29 is 13.5 Å². The van der Waals surface area contributed by atoms with Gasteiger partial charge in [0, 0.05) is 44.3 Å². The summed E-state index contributed by atoms with van der Waals surface area (Å²) in [6, 6.07) is 2.01. The summed E-state index contributed by atoms with van der Waals surface area (Å²) in [6.07, 6.45) is 3.17. The molecule has 0 radical (unpaired) electrons. The lowest BCUT2D eigenvalue weighted by Crippen LogP contribution is -2.29. The molecule has 2 atom stereocenters. The Morgan fingerprint density at radius 2 is 2.21 bits per heavy atom. The van der Waals surface area contributed by atoms with Gasteiger partial charge in [-0.25, -0.2) is 13.4 Å². The average Bonchev–Trinajstić information content (AvgIpc) is 3.26. The second kappa shape index (κ2) is 6.95. The number of aliphatic hydroxyl groups is 1. The first kappa shape index (κ1) is 17.6. The van der Waals surface area contributed by atoms with E-state index in [0.29, 0.717) is 19.0 Å². The Morgan fingerprint density at radius 3 is 2.83 bits per heavy atom. The summed E-state index contributed by atoms with van der Waals surface area (Å²) in [5, 5.41) is 13.8. The molecule has 0 aliphatic carbocycles. The zero-order valence-corrected chi connectivity index (χ0v) is 15.5. The van der Waals surface area contributed by atoms with E-state index in [1.165, 1.54) is 4.31 Å². The van der Waals surface area contributed by atoms with E-state index in [1.54, 1.807) is 23.9 Å². The van der Waals surface area contributed by atoms with E-state index in [9.17, 15) is 13.5 Å². The van der Waals surface area contributed by atoms with Gasteiger partial charge in [0.15, 0.2) is 5.03 Å². The van der Waals surface area contributed by atoms with Gasteiger partial charge in [0.25, 0.3) is 10.0 Å². The van der Waals surface area contributed by atoms with Gasteiger partial charge in [-0.3, -0.25) is 0 Å². The predicted molar refractivity (Wildman–Crippen MR) is 93.5 cm³/mol. The highest BCUT2D eigenvalue weighted by Gasteiger charge is 2.40. The van der Waals surface area contributed by atoms with Crippen molar-refractivity contribution >= 4 is 21.4 Å². The Hall–Kier alpha value is -1.22. The van der Waals surface area contributed by atoms with Crippen molar-refractivity contribution in [2.45, 2.75) is 31.3 Å². The summed E-state index contributed by atoms with van der Waals surface area (Å²) >= 11 is 1.59. The van der Waals surface area contributed by atoms with Gasteiger partial charge < -0.3 is 9.67 Å². The van der Waals surface area contributed by atoms with Crippen molar-refractivity contribution in [1.82, 2.24) is 13.9 Å². The first-order chi connectivity index (χ1) is 11.4. The number of thiophene rings is 1. The fourth-order valence-corrected chi connectivity index (χ4v) is 5.39. The number of rotatable bonds is 6. The zero-order valence-electron chi connectivity index (χ0n) is 13.9. The molecular weight excluding hydrogens is 346 g/mol. The molecule has 132 valence electrons. The maximum absolute atomic E-state index is 12.9. The molecule has 24 heavy (non-hydrogen) atoms. The molecule has 0 amide bonds. The molecule has 0 saturated carbocycles. The number of hydrogen-bond donors (Lipinski definition) is 1. The molecule has 1 aliphatic heterocycles. The first-order valence-electron chi connectivity index (χ1n) is 8.06. The van der Waals surface area contributed by atoms with E-state index in [0.717, 1.165) is 12.1 Å². The number of hydrogen-bond acceptors (Lipinski definition) is 5. The Labute approximate surface area is 146 Å². The van der Waals surface area contributed by atoms with Crippen LogP contribution in [-0.2, 0) is 16.6 Å². The van der Waals surface area contributed by atoms with Crippen LogP contribution in [0.5, 0.6) is 0 Å². The van der Waals surface area contributed by atoms with E-state index >= 15 is 0 Å². The maximum atomic E-state index is 12.9.